The number of hydrogen-bond donors (Lipinski definition) is 3. The molecule has 3 N–H and O–H groups in total. The number of nitrogens with zero attached hydrogens (tertiary/aromatic N) is 2. The molecule has 2 heterocycles. The molecule has 0 amide bonds. The number of hydrogen-bond acceptors (Lipinski definition) is 5. The SMILES string of the molecule is CCNC(=NCC1CCCN(C)C1c1cccs1)NCCCNS(=O)(=O)CC. The fraction of sp³-hybridized carbons (Fsp3) is 0.737. The third kappa shape index (κ3) is 7.35. The average molecular weight is 430 g/mol. The van der Waals surface area contributed by atoms with Crippen molar-refractivity contribution in [2.24, 2.45) is 10.9 Å². The summed E-state index contributed by atoms with van der Waals surface area (Å²) in [6.07, 6.45) is 3.11. The minimum atomic E-state index is -3.12. The van der Waals surface area contributed by atoms with Crippen molar-refractivity contribution >= 4 is 27.3 Å². The predicted octanol–water partition coefficient (Wildman–Crippen LogP) is 2.02. The Balaban J connectivity index is 1.88. The molecule has 2 unspecified atom stereocenters. The summed E-state index contributed by atoms with van der Waals surface area (Å²) < 4.78 is 25.5. The Hall–Kier alpha value is -1.16. The Kier molecular flexibility index (Phi) is 9.70. The van der Waals surface area contributed by atoms with Gasteiger partial charge in [0, 0.05) is 37.1 Å². The van der Waals surface area contributed by atoms with Crippen LogP contribution in [0.5, 0.6) is 0 Å². The van der Waals surface area contributed by atoms with Crippen molar-refractivity contribution in [2.75, 3.05) is 45.5 Å². The predicted molar refractivity (Wildman–Crippen MR) is 118 cm³/mol. The van der Waals surface area contributed by atoms with Gasteiger partial charge in [0.05, 0.1) is 5.75 Å². The molecule has 0 bridgehead atoms. The zero-order valence-electron chi connectivity index (χ0n) is 17.3. The Morgan fingerprint density at radius 3 is 2.82 bits per heavy atom. The molecule has 1 aromatic rings. The minimum Gasteiger partial charge on any atom is -0.357 e. The normalized spacial score (nSPS) is 21.6. The Labute approximate surface area is 174 Å². The van der Waals surface area contributed by atoms with Crippen LogP contribution in [0.15, 0.2) is 22.5 Å². The maximum Gasteiger partial charge on any atom is 0.211 e. The molecular weight excluding hydrogens is 394 g/mol. The molecule has 1 fully saturated rings. The molecule has 1 saturated heterocycles. The smallest absolute Gasteiger partial charge is 0.211 e. The van der Waals surface area contributed by atoms with E-state index in [2.05, 4.69) is 51.7 Å². The number of rotatable bonds is 10. The highest BCUT2D eigenvalue weighted by Crippen LogP contribution is 2.37. The molecule has 1 aromatic heterocycles. The quantitative estimate of drug-likeness (QED) is 0.301. The topological polar surface area (TPSA) is 85.8 Å². The number of sulfonamides is 1. The van der Waals surface area contributed by atoms with Crippen LogP contribution in [-0.2, 0) is 10.0 Å². The van der Waals surface area contributed by atoms with Crippen LogP contribution in [0.3, 0.4) is 0 Å². The largest absolute Gasteiger partial charge is 0.357 e. The van der Waals surface area contributed by atoms with Crippen molar-refractivity contribution < 1.29 is 8.42 Å². The number of likely N-dealkylation sites (tertiary alicyclic amines) is 1. The van der Waals surface area contributed by atoms with E-state index < -0.39 is 10.0 Å². The highest BCUT2D eigenvalue weighted by molar-refractivity contribution is 7.89. The van der Waals surface area contributed by atoms with Crippen LogP contribution in [0.1, 0.15) is 44.0 Å². The third-order valence-electron chi connectivity index (χ3n) is 5.02. The molecular formula is C19H35N5O2S2. The van der Waals surface area contributed by atoms with Gasteiger partial charge in [0.15, 0.2) is 5.96 Å². The Morgan fingerprint density at radius 1 is 1.32 bits per heavy atom. The number of guanidine groups is 1. The van der Waals surface area contributed by atoms with Crippen molar-refractivity contribution in [2.45, 2.75) is 39.2 Å². The summed E-state index contributed by atoms with van der Waals surface area (Å²) in [6, 6.07) is 4.79. The van der Waals surface area contributed by atoms with E-state index in [4.69, 9.17) is 4.99 Å². The second-order valence-electron chi connectivity index (χ2n) is 7.14. The summed E-state index contributed by atoms with van der Waals surface area (Å²) in [5, 5.41) is 8.76. The average Bonchev–Trinajstić information content (AvgIpc) is 3.20. The van der Waals surface area contributed by atoms with Crippen molar-refractivity contribution in [1.82, 2.24) is 20.3 Å². The van der Waals surface area contributed by atoms with E-state index in [1.54, 1.807) is 6.92 Å². The molecule has 7 nitrogen and oxygen atoms in total. The molecule has 9 heteroatoms. The van der Waals surface area contributed by atoms with E-state index in [9.17, 15) is 8.42 Å². The lowest BCUT2D eigenvalue weighted by molar-refractivity contribution is 0.128. The van der Waals surface area contributed by atoms with E-state index in [0.717, 1.165) is 25.6 Å². The van der Waals surface area contributed by atoms with Crippen molar-refractivity contribution in [3.63, 3.8) is 0 Å². The first kappa shape index (κ1) is 23.1. The highest BCUT2D eigenvalue weighted by Gasteiger charge is 2.31. The van der Waals surface area contributed by atoms with Crippen LogP contribution in [0.4, 0.5) is 0 Å². The molecule has 0 radical (unpaired) electrons. The third-order valence-corrected chi connectivity index (χ3v) is 7.36. The van der Waals surface area contributed by atoms with E-state index in [1.165, 1.54) is 17.7 Å². The van der Waals surface area contributed by atoms with Crippen molar-refractivity contribution in [3.05, 3.63) is 22.4 Å². The van der Waals surface area contributed by atoms with Crippen molar-refractivity contribution in [3.8, 4) is 0 Å². The van der Waals surface area contributed by atoms with Gasteiger partial charge in [-0.05, 0) is 64.1 Å². The Morgan fingerprint density at radius 2 is 2.14 bits per heavy atom. The van der Waals surface area contributed by atoms with Crippen LogP contribution < -0.4 is 15.4 Å². The van der Waals surface area contributed by atoms with Gasteiger partial charge < -0.3 is 10.6 Å². The maximum absolute atomic E-state index is 11.5. The Bertz CT molecular complexity index is 691. The zero-order valence-corrected chi connectivity index (χ0v) is 18.9. The van der Waals surface area contributed by atoms with Crippen LogP contribution in [0.25, 0.3) is 0 Å². The first-order valence-corrected chi connectivity index (χ1v) is 12.7. The second-order valence-corrected chi connectivity index (χ2v) is 10.2. The molecule has 0 aliphatic carbocycles. The monoisotopic (exact) mass is 429 g/mol. The van der Waals surface area contributed by atoms with Gasteiger partial charge in [-0.15, -0.1) is 11.3 Å². The van der Waals surface area contributed by atoms with Gasteiger partial charge in [-0.3, -0.25) is 9.89 Å². The molecule has 28 heavy (non-hydrogen) atoms. The lowest BCUT2D eigenvalue weighted by Crippen LogP contribution is -2.40. The van der Waals surface area contributed by atoms with Crippen LogP contribution in [-0.4, -0.2) is 64.8 Å². The first-order valence-electron chi connectivity index (χ1n) is 10.2. The maximum atomic E-state index is 11.5. The lowest BCUT2D eigenvalue weighted by Gasteiger charge is -2.38. The van der Waals surface area contributed by atoms with Gasteiger partial charge in [0.1, 0.15) is 0 Å². The van der Waals surface area contributed by atoms with Gasteiger partial charge in [-0.1, -0.05) is 6.07 Å². The molecule has 1 aliphatic heterocycles. The van der Waals surface area contributed by atoms with E-state index in [1.807, 2.05) is 11.3 Å². The number of aliphatic imine (C=N–C) groups is 1. The highest BCUT2D eigenvalue weighted by atomic mass is 32.2. The number of thiophene rings is 1. The first-order chi connectivity index (χ1) is 13.5. The van der Waals surface area contributed by atoms with Gasteiger partial charge in [-0.25, -0.2) is 13.1 Å². The molecule has 0 saturated carbocycles. The standard InChI is InChI=1S/C19H35N5O2S2/c1-4-20-19(21-11-8-12-23-28(25,26)5-2)22-15-16-9-6-13-24(3)18(16)17-10-7-14-27-17/h7,10,14,16,18,23H,4-6,8-9,11-13,15H2,1-3H3,(H2,20,21,22). The number of piperidine rings is 1. The molecule has 160 valence electrons. The molecule has 0 spiro atoms. The lowest BCUT2D eigenvalue weighted by atomic mass is 9.88. The summed E-state index contributed by atoms with van der Waals surface area (Å²) in [5.74, 6) is 1.43. The van der Waals surface area contributed by atoms with Gasteiger partial charge in [0.25, 0.3) is 0 Å². The second kappa shape index (κ2) is 11.7. The van der Waals surface area contributed by atoms with Crippen molar-refractivity contribution in [1.29, 1.82) is 0 Å². The van der Waals surface area contributed by atoms with E-state index >= 15 is 0 Å². The summed E-state index contributed by atoms with van der Waals surface area (Å²) in [4.78, 5) is 8.70. The van der Waals surface area contributed by atoms with Crippen LogP contribution in [0.2, 0.25) is 0 Å². The summed E-state index contributed by atoms with van der Waals surface area (Å²) in [6.45, 7) is 7.53. The summed E-state index contributed by atoms with van der Waals surface area (Å²) >= 11 is 1.83. The van der Waals surface area contributed by atoms with E-state index in [0.29, 0.717) is 31.5 Å². The minimum absolute atomic E-state index is 0.117. The summed E-state index contributed by atoms with van der Waals surface area (Å²) in [7, 11) is -0.906. The van der Waals surface area contributed by atoms with Gasteiger partial charge >= 0.3 is 0 Å². The fourth-order valence-electron chi connectivity index (χ4n) is 3.54. The number of nitrogens with one attached hydrogen (secondary N) is 3. The fourth-order valence-corrected chi connectivity index (χ4v) is 5.18. The van der Waals surface area contributed by atoms with Crippen LogP contribution >= 0.6 is 11.3 Å². The molecule has 1 aliphatic rings. The molecule has 2 rings (SSSR count). The summed E-state index contributed by atoms with van der Waals surface area (Å²) in [5.41, 5.74) is 0. The molecule has 2 atom stereocenters. The zero-order chi connectivity index (χ0) is 20.4. The molecule has 0 aromatic carbocycles. The van der Waals surface area contributed by atoms with Gasteiger partial charge in [0.2, 0.25) is 10.0 Å². The van der Waals surface area contributed by atoms with Crippen LogP contribution in [0, 0.1) is 5.92 Å². The van der Waals surface area contributed by atoms with E-state index in [-0.39, 0.29) is 5.75 Å². The van der Waals surface area contributed by atoms with Gasteiger partial charge in [-0.2, -0.15) is 0 Å².